The first-order valence-electron chi connectivity index (χ1n) is 11.1. The molecule has 3 aromatic rings. The maximum Gasteiger partial charge on any atom is 0.269 e. The average Bonchev–Trinajstić information content (AvgIpc) is 2.83. The Kier molecular flexibility index (Phi) is 5.36. The number of likely N-dealkylation sites (tertiary alicyclic amines) is 1. The quantitative estimate of drug-likeness (QED) is 0.460. The molecule has 0 spiro atoms. The lowest BCUT2D eigenvalue weighted by Gasteiger charge is -2.40. The topological polar surface area (TPSA) is 107 Å². The van der Waals surface area contributed by atoms with Crippen LogP contribution in [0.4, 0.5) is 5.69 Å². The summed E-state index contributed by atoms with van der Waals surface area (Å²) in [5.41, 5.74) is 1.01. The summed E-state index contributed by atoms with van der Waals surface area (Å²) in [6, 6.07) is 17.4. The molecule has 170 valence electrons. The molecule has 1 saturated heterocycles. The van der Waals surface area contributed by atoms with Gasteiger partial charge in [-0.1, -0.05) is 30.3 Å². The molecule has 33 heavy (non-hydrogen) atoms. The predicted octanol–water partition coefficient (Wildman–Crippen LogP) is 3.18. The molecule has 2 aliphatic heterocycles. The Balaban J connectivity index is 1.24. The Morgan fingerprint density at radius 3 is 2.33 bits per heavy atom. The van der Waals surface area contributed by atoms with Gasteiger partial charge in [0.05, 0.1) is 10.5 Å². The van der Waals surface area contributed by atoms with E-state index in [4.69, 9.17) is 0 Å². The van der Waals surface area contributed by atoms with Crippen LogP contribution in [-0.2, 0) is 5.60 Å². The molecule has 1 fully saturated rings. The van der Waals surface area contributed by atoms with Gasteiger partial charge in [-0.05, 0) is 42.0 Å². The second kappa shape index (κ2) is 8.22. The van der Waals surface area contributed by atoms with Crippen molar-refractivity contribution in [3.05, 3.63) is 87.5 Å². The third-order valence-electron chi connectivity index (χ3n) is 6.96. The maximum absolute atomic E-state index is 13.1. The number of nitro benzene ring substituents is 1. The van der Waals surface area contributed by atoms with Gasteiger partial charge in [-0.25, -0.2) is 0 Å². The lowest BCUT2D eigenvalue weighted by molar-refractivity contribution is -0.384. The molecular formula is C25H25N3O5. The first-order valence-corrected chi connectivity index (χ1v) is 11.1. The van der Waals surface area contributed by atoms with E-state index in [0.717, 1.165) is 16.3 Å². The molecule has 1 unspecified atom stereocenters. The summed E-state index contributed by atoms with van der Waals surface area (Å²) in [5.74, 6) is -0.175. The first-order chi connectivity index (χ1) is 15.9. The Morgan fingerprint density at radius 1 is 1.00 bits per heavy atom. The van der Waals surface area contributed by atoms with Crippen LogP contribution in [-0.4, -0.2) is 57.0 Å². The normalized spacial score (nSPS) is 20.2. The van der Waals surface area contributed by atoms with Gasteiger partial charge >= 0.3 is 0 Å². The number of rotatable bonds is 5. The van der Waals surface area contributed by atoms with Gasteiger partial charge < -0.3 is 20.0 Å². The largest absolute Gasteiger partial charge is 0.385 e. The molecule has 1 atom stereocenters. The fourth-order valence-electron chi connectivity index (χ4n) is 5.00. The minimum absolute atomic E-state index is 0.00167. The molecule has 5 rings (SSSR count). The molecule has 1 amide bonds. The standard InChI is InChI=1S/C25H25N3O5/c29-23-20-5-1-3-17-4-2-6-21(22(17)20)24(30)27(23)16-15-26-13-11-25(31,12-14-26)18-7-9-19(10-8-18)28(32)33/h1-10,23,29,31H,11-16H2. The number of aliphatic hydroxyl groups excluding tert-OH is 1. The third-order valence-corrected chi connectivity index (χ3v) is 6.96. The highest BCUT2D eigenvalue weighted by Gasteiger charge is 2.36. The summed E-state index contributed by atoms with van der Waals surface area (Å²) in [5, 5.41) is 34.6. The number of hydrogen-bond acceptors (Lipinski definition) is 6. The van der Waals surface area contributed by atoms with Crippen LogP contribution in [0.1, 0.15) is 40.6 Å². The van der Waals surface area contributed by atoms with E-state index >= 15 is 0 Å². The smallest absolute Gasteiger partial charge is 0.269 e. The molecule has 8 nitrogen and oxygen atoms in total. The van der Waals surface area contributed by atoms with Crippen molar-refractivity contribution < 1.29 is 19.9 Å². The van der Waals surface area contributed by atoms with E-state index < -0.39 is 16.8 Å². The number of hydrogen-bond donors (Lipinski definition) is 2. The van der Waals surface area contributed by atoms with Crippen LogP contribution in [0.15, 0.2) is 60.7 Å². The summed E-state index contributed by atoms with van der Waals surface area (Å²) >= 11 is 0. The number of aliphatic hydroxyl groups is 2. The number of carbonyl (C=O) groups is 1. The Morgan fingerprint density at radius 2 is 1.67 bits per heavy atom. The van der Waals surface area contributed by atoms with E-state index in [2.05, 4.69) is 4.90 Å². The highest BCUT2D eigenvalue weighted by molar-refractivity contribution is 6.10. The van der Waals surface area contributed by atoms with Gasteiger partial charge in [-0.3, -0.25) is 14.9 Å². The highest BCUT2D eigenvalue weighted by atomic mass is 16.6. The molecule has 8 heteroatoms. The van der Waals surface area contributed by atoms with Crippen LogP contribution in [0.5, 0.6) is 0 Å². The molecule has 0 bridgehead atoms. The first kappa shape index (κ1) is 21.5. The molecule has 0 aliphatic carbocycles. The van der Waals surface area contributed by atoms with Crippen LogP contribution in [0.2, 0.25) is 0 Å². The number of benzene rings is 3. The number of amides is 1. The maximum atomic E-state index is 13.1. The molecule has 0 saturated carbocycles. The van der Waals surface area contributed by atoms with Crippen molar-refractivity contribution in [2.75, 3.05) is 26.2 Å². The van der Waals surface area contributed by atoms with Crippen molar-refractivity contribution in [3.63, 3.8) is 0 Å². The van der Waals surface area contributed by atoms with E-state index in [1.807, 2.05) is 30.3 Å². The average molecular weight is 447 g/mol. The molecule has 2 aliphatic rings. The lowest BCUT2D eigenvalue weighted by atomic mass is 9.84. The van der Waals surface area contributed by atoms with Crippen molar-refractivity contribution in [2.24, 2.45) is 0 Å². The fraction of sp³-hybridized carbons (Fsp3) is 0.320. The van der Waals surface area contributed by atoms with Crippen molar-refractivity contribution in [1.29, 1.82) is 0 Å². The Bertz CT molecular complexity index is 1210. The summed E-state index contributed by atoms with van der Waals surface area (Å²) in [6.07, 6.45) is -0.00895. The summed E-state index contributed by atoms with van der Waals surface area (Å²) in [4.78, 5) is 27.2. The van der Waals surface area contributed by atoms with E-state index in [1.54, 1.807) is 18.2 Å². The van der Waals surface area contributed by atoms with Gasteiger partial charge in [-0.15, -0.1) is 0 Å². The van der Waals surface area contributed by atoms with Gasteiger partial charge in [0.2, 0.25) is 0 Å². The third kappa shape index (κ3) is 3.76. The van der Waals surface area contributed by atoms with Crippen molar-refractivity contribution in [3.8, 4) is 0 Å². The number of piperidine rings is 1. The Labute approximate surface area is 190 Å². The van der Waals surface area contributed by atoms with Crippen LogP contribution in [0.25, 0.3) is 10.8 Å². The molecule has 0 aromatic heterocycles. The highest BCUT2D eigenvalue weighted by Crippen LogP contribution is 2.36. The number of nitro groups is 1. The monoisotopic (exact) mass is 447 g/mol. The van der Waals surface area contributed by atoms with Crippen molar-refractivity contribution >= 4 is 22.4 Å². The SMILES string of the molecule is O=C1c2cccc3cccc(c23)C(O)N1CCN1CCC(O)(c2ccc([N+](=O)[O-])cc2)CC1. The minimum Gasteiger partial charge on any atom is -0.385 e. The summed E-state index contributed by atoms with van der Waals surface area (Å²) < 4.78 is 0. The van der Waals surface area contributed by atoms with E-state index in [0.29, 0.717) is 50.1 Å². The summed E-state index contributed by atoms with van der Waals surface area (Å²) in [6.45, 7) is 2.20. The summed E-state index contributed by atoms with van der Waals surface area (Å²) in [7, 11) is 0. The van der Waals surface area contributed by atoms with Gasteiger partial charge in [0, 0.05) is 54.8 Å². The van der Waals surface area contributed by atoms with Crippen LogP contribution in [0.3, 0.4) is 0 Å². The zero-order valence-electron chi connectivity index (χ0n) is 18.1. The van der Waals surface area contributed by atoms with Crippen LogP contribution < -0.4 is 0 Å². The van der Waals surface area contributed by atoms with Gasteiger partial charge in [-0.2, -0.15) is 0 Å². The van der Waals surface area contributed by atoms with Crippen molar-refractivity contribution in [2.45, 2.75) is 24.7 Å². The van der Waals surface area contributed by atoms with Gasteiger partial charge in [0.15, 0.2) is 6.23 Å². The van der Waals surface area contributed by atoms with Gasteiger partial charge in [0.1, 0.15) is 0 Å². The number of non-ortho nitro benzene ring substituents is 1. The lowest BCUT2D eigenvalue weighted by Crippen LogP contribution is -2.47. The van der Waals surface area contributed by atoms with Gasteiger partial charge in [0.25, 0.3) is 11.6 Å². The zero-order valence-corrected chi connectivity index (χ0v) is 18.1. The molecule has 0 radical (unpaired) electrons. The van der Waals surface area contributed by atoms with Crippen LogP contribution in [0, 0.1) is 10.1 Å². The predicted molar refractivity (Wildman–Crippen MR) is 123 cm³/mol. The number of nitrogens with zero attached hydrogens (tertiary/aromatic N) is 3. The Hall–Kier alpha value is -3.33. The second-order valence-electron chi connectivity index (χ2n) is 8.80. The van der Waals surface area contributed by atoms with E-state index in [1.165, 1.54) is 17.0 Å². The molecule has 2 heterocycles. The second-order valence-corrected chi connectivity index (χ2v) is 8.80. The molecule has 2 N–H and O–H groups in total. The van der Waals surface area contributed by atoms with Crippen molar-refractivity contribution in [1.82, 2.24) is 9.80 Å². The minimum atomic E-state index is -1.03. The fourth-order valence-corrected chi connectivity index (χ4v) is 5.00. The zero-order chi connectivity index (χ0) is 23.2. The molecule has 3 aromatic carbocycles. The van der Waals surface area contributed by atoms with Crippen LogP contribution >= 0.6 is 0 Å². The molecular weight excluding hydrogens is 422 g/mol. The number of carbonyl (C=O) groups excluding carboxylic acids is 1. The van der Waals surface area contributed by atoms with E-state index in [9.17, 15) is 25.1 Å². The van der Waals surface area contributed by atoms with E-state index in [-0.39, 0.29) is 11.6 Å².